The summed E-state index contributed by atoms with van der Waals surface area (Å²) in [7, 11) is 0. The molecule has 0 saturated carbocycles. The second kappa shape index (κ2) is 8.95. The average molecular weight is 400 g/mol. The SMILES string of the molecule is C[C@@H]1CN(c2cc(=O)[nH]c(N3CCCCC[C@@H]3Cc3ccc(F)cc3)n2)CCO1. The van der Waals surface area contributed by atoms with Gasteiger partial charge in [-0.3, -0.25) is 9.78 Å². The first-order valence-corrected chi connectivity index (χ1v) is 10.6. The zero-order valence-electron chi connectivity index (χ0n) is 16.9. The molecule has 0 bridgehead atoms. The van der Waals surface area contributed by atoms with Crippen LogP contribution in [0.25, 0.3) is 0 Å². The maximum Gasteiger partial charge on any atom is 0.254 e. The zero-order valence-corrected chi connectivity index (χ0v) is 16.9. The lowest BCUT2D eigenvalue weighted by Gasteiger charge is -2.34. The first kappa shape index (κ1) is 19.9. The summed E-state index contributed by atoms with van der Waals surface area (Å²) in [5, 5.41) is 0. The van der Waals surface area contributed by atoms with Crippen LogP contribution in [0.1, 0.15) is 38.2 Å². The molecular formula is C22H29FN4O2. The summed E-state index contributed by atoms with van der Waals surface area (Å²) < 4.78 is 18.9. The van der Waals surface area contributed by atoms with E-state index in [0.717, 1.165) is 50.9 Å². The Morgan fingerprint density at radius 3 is 2.83 bits per heavy atom. The predicted molar refractivity (Wildman–Crippen MR) is 112 cm³/mol. The molecule has 2 aromatic rings. The standard InChI is InChI=1S/C22H29FN4O2/c1-16-15-26(11-12-29-16)20-14-21(28)25-22(24-20)27-10-4-2-3-5-19(27)13-17-6-8-18(23)9-7-17/h6-9,14,16,19H,2-5,10-13,15H2,1H3,(H,24,25,28)/t16-,19-/m1/s1. The fourth-order valence-electron chi connectivity index (χ4n) is 4.32. The lowest BCUT2D eigenvalue weighted by Crippen LogP contribution is -2.43. The number of hydrogen-bond acceptors (Lipinski definition) is 5. The largest absolute Gasteiger partial charge is 0.375 e. The van der Waals surface area contributed by atoms with E-state index in [1.54, 1.807) is 6.07 Å². The van der Waals surface area contributed by atoms with Crippen molar-refractivity contribution in [2.75, 3.05) is 36.0 Å². The third kappa shape index (κ3) is 4.96. The molecule has 4 rings (SSSR count). The van der Waals surface area contributed by atoms with E-state index < -0.39 is 0 Å². The molecule has 2 aliphatic heterocycles. The molecule has 3 heterocycles. The summed E-state index contributed by atoms with van der Waals surface area (Å²) >= 11 is 0. The number of aromatic nitrogens is 2. The topological polar surface area (TPSA) is 61.5 Å². The monoisotopic (exact) mass is 400 g/mol. The first-order valence-electron chi connectivity index (χ1n) is 10.6. The van der Waals surface area contributed by atoms with E-state index in [1.807, 2.05) is 19.1 Å². The molecule has 1 aromatic heterocycles. The fraction of sp³-hybridized carbons (Fsp3) is 0.545. The van der Waals surface area contributed by atoms with Gasteiger partial charge in [-0.2, -0.15) is 4.98 Å². The van der Waals surface area contributed by atoms with Crippen LogP contribution in [0.2, 0.25) is 0 Å². The Morgan fingerprint density at radius 1 is 1.21 bits per heavy atom. The molecule has 0 aliphatic carbocycles. The number of anilines is 2. The Bertz CT molecular complexity index is 870. The van der Waals surface area contributed by atoms with Crippen LogP contribution < -0.4 is 15.4 Å². The summed E-state index contributed by atoms with van der Waals surface area (Å²) in [5.74, 6) is 1.13. The predicted octanol–water partition coefficient (Wildman–Crippen LogP) is 3.13. The summed E-state index contributed by atoms with van der Waals surface area (Å²) in [6.07, 6.45) is 5.34. The Kier molecular flexibility index (Phi) is 6.13. The molecule has 6 nitrogen and oxygen atoms in total. The van der Waals surface area contributed by atoms with Crippen LogP contribution >= 0.6 is 0 Å². The van der Waals surface area contributed by atoms with Crippen molar-refractivity contribution in [2.45, 2.75) is 51.2 Å². The minimum absolute atomic E-state index is 0.123. The number of rotatable bonds is 4. The Labute approximate surface area is 170 Å². The molecule has 0 unspecified atom stereocenters. The highest BCUT2D eigenvalue weighted by atomic mass is 19.1. The van der Waals surface area contributed by atoms with Gasteiger partial charge in [0.25, 0.3) is 5.56 Å². The van der Waals surface area contributed by atoms with Gasteiger partial charge in [-0.15, -0.1) is 0 Å². The third-order valence-electron chi connectivity index (χ3n) is 5.81. The van der Waals surface area contributed by atoms with Gasteiger partial charge in [-0.05, 0) is 43.9 Å². The molecule has 1 N–H and O–H groups in total. The van der Waals surface area contributed by atoms with E-state index >= 15 is 0 Å². The van der Waals surface area contributed by atoms with Crippen LogP contribution in [0.4, 0.5) is 16.2 Å². The van der Waals surface area contributed by atoms with Crippen molar-refractivity contribution in [1.82, 2.24) is 9.97 Å². The van der Waals surface area contributed by atoms with E-state index in [-0.39, 0.29) is 23.5 Å². The molecular weight excluding hydrogens is 371 g/mol. The number of morpholine rings is 1. The van der Waals surface area contributed by atoms with Gasteiger partial charge in [-0.25, -0.2) is 4.39 Å². The number of nitrogens with one attached hydrogen (secondary N) is 1. The van der Waals surface area contributed by atoms with Gasteiger partial charge in [0, 0.05) is 31.7 Å². The second-order valence-electron chi connectivity index (χ2n) is 8.08. The Hall–Kier alpha value is -2.41. The number of aromatic amines is 1. The lowest BCUT2D eigenvalue weighted by molar-refractivity contribution is 0.0529. The molecule has 2 fully saturated rings. The molecule has 2 atom stereocenters. The van der Waals surface area contributed by atoms with Crippen molar-refractivity contribution < 1.29 is 9.13 Å². The molecule has 0 radical (unpaired) electrons. The average Bonchev–Trinajstić information content (AvgIpc) is 2.95. The van der Waals surface area contributed by atoms with E-state index in [2.05, 4.69) is 14.8 Å². The van der Waals surface area contributed by atoms with Gasteiger partial charge >= 0.3 is 0 Å². The van der Waals surface area contributed by atoms with Crippen LogP contribution in [-0.2, 0) is 11.2 Å². The van der Waals surface area contributed by atoms with Gasteiger partial charge in [0.2, 0.25) is 5.95 Å². The maximum atomic E-state index is 13.3. The number of halogens is 1. The third-order valence-corrected chi connectivity index (χ3v) is 5.81. The number of H-pyrrole nitrogens is 1. The van der Waals surface area contributed by atoms with Crippen LogP contribution in [0.5, 0.6) is 0 Å². The highest BCUT2D eigenvalue weighted by Gasteiger charge is 2.25. The molecule has 156 valence electrons. The quantitative estimate of drug-likeness (QED) is 0.855. The van der Waals surface area contributed by atoms with Gasteiger partial charge in [0.15, 0.2) is 0 Å². The Balaban J connectivity index is 1.61. The number of benzene rings is 1. The van der Waals surface area contributed by atoms with E-state index in [0.29, 0.717) is 18.4 Å². The summed E-state index contributed by atoms with van der Waals surface area (Å²) in [6.45, 7) is 5.00. The van der Waals surface area contributed by atoms with Crippen molar-refractivity contribution in [1.29, 1.82) is 0 Å². The van der Waals surface area contributed by atoms with Crippen LogP contribution in [0.15, 0.2) is 35.1 Å². The van der Waals surface area contributed by atoms with Crippen LogP contribution in [0, 0.1) is 5.82 Å². The van der Waals surface area contributed by atoms with Crippen molar-refractivity contribution >= 4 is 11.8 Å². The Morgan fingerprint density at radius 2 is 2.03 bits per heavy atom. The number of ether oxygens (including phenoxy) is 1. The van der Waals surface area contributed by atoms with Crippen molar-refractivity contribution in [3.8, 4) is 0 Å². The van der Waals surface area contributed by atoms with Crippen molar-refractivity contribution in [3.63, 3.8) is 0 Å². The molecule has 0 spiro atoms. The molecule has 7 heteroatoms. The summed E-state index contributed by atoms with van der Waals surface area (Å²) in [4.78, 5) is 24.6. The van der Waals surface area contributed by atoms with Crippen LogP contribution in [-0.4, -0.2) is 48.4 Å². The lowest BCUT2D eigenvalue weighted by atomic mass is 10.0. The van der Waals surface area contributed by atoms with E-state index in [4.69, 9.17) is 9.72 Å². The van der Waals surface area contributed by atoms with E-state index in [9.17, 15) is 9.18 Å². The first-order chi connectivity index (χ1) is 14.1. The van der Waals surface area contributed by atoms with Gasteiger partial charge in [-0.1, -0.05) is 25.0 Å². The highest BCUT2D eigenvalue weighted by molar-refractivity contribution is 5.45. The molecule has 2 aliphatic rings. The van der Waals surface area contributed by atoms with Gasteiger partial charge in [0.1, 0.15) is 11.6 Å². The zero-order chi connectivity index (χ0) is 20.2. The normalized spacial score (nSPS) is 23.1. The second-order valence-corrected chi connectivity index (χ2v) is 8.08. The summed E-state index contributed by atoms with van der Waals surface area (Å²) in [5.41, 5.74) is 0.970. The number of nitrogens with zero attached hydrogens (tertiary/aromatic N) is 3. The fourth-order valence-corrected chi connectivity index (χ4v) is 4.32. The molecule has 0 amide bonds. The minimum atomic E-state index is -0.218. The van der Waals surface area contributed by atoms with E-state index in [1.165, 1.54) is 18.6 Å². The van der Waals surface area contributed by atoms with Gasteiger partial charge in [0.05, 0.1) is 12.7 Å². The number of hydrogen-bond donors (Lipinski definition) is 1. The van der Waals surface area contributed by atoms with Crippen molar-refractivity contribution in [2.24, 2.45) is 0 Å². The maximum absolute atomic E-state index is 13.3. The highest BCUT2D eigenvalue weighted by Crippen LogP contribution is 2.25. The minimum Gasteiger partial charge on any atom is -0.375 e. The van der Waals surface area contributed by atoms with Crippen LogP contribution in [0.3, 0.4) is 0 Å². The van der Waals surface area contributed by atoms with Gasteiger partial charge < -0.3 is 14.5 Å². The van der Waals surface area contributed by atoms with Crippen molar-refractivity contribution in [3.05, 3.63) is 52.1 Å². The molecule has 29 heavy (non-hydrogen) atoms. The smallest absolute Gasteiger partial charge is 0.254 e. The summed E-state index contributed by atoms with van der Waals surface area (Å²) in [6, 6.07) is 8.52. The molecule has 1 aromatic carbocycles. The molecule has 2 saturated heterocycles.